The Morgan fingerprint density at radius 2 is 2.38 bits per heavy atom. The zero-order valence-electron chi connectivity index (χ0n) is 12.6. The standard InChI is InChI=1S/C15H22N4OS/c1-3-12-9-19(13(4-2)8-17-12)10-14(20)18-15-11(7-16)5-6-21-15/h5-6,12-13,17H,3-4,8-10H2,1-2H3,(H,18,20). The summed E-state index contributed by atoms with van der Waals surface area (Å²) in [5.41, 5.74) is 0.534. The molecule has 0 aromatic carbocycles. The lowest BCUT2D eigenvalue weighted by Crippen LogP contribution is -2.57. The molecule has 21 heavy (non-hydrogen) atoms. The van der Waals surface area contributed by atoms with Crippen molar-refractivity contribution in [2.24, 2.45) is 0 Å². The van der Waals surface area contributed by atoms with Crippen molar-refractivity contribution < 1.29 is 4.79 Å². The highest BCUT2D eigenvalue weighted by Crippen LogP contribution is 2.22. The third kappa shape index (κ3) is 4.03. The Bertz CT molecular complexity index is 522. The minimum Gasteiger partial charge on any atom is -0.315 e. The summed E-state index contributed by atoms with van der Waals surface area (Å²) in [6, 6.07) is 4.68. The number of nitrogens with zero attached hydrogens (tertiary/aromatic N) is 2. The second-order valence-electron chi connectivity index (χ2n) is 5.33. The predicted molar refractivity (Wildman–Crippen MR) is 85.4 cm³/mol. The molecule has 2 N–H and O–H groups in total. The van der Waals surface area contributed by atoms with E-state index in [1.165, 1.54) is 11.3 Å². The summed E-state index contributed by atoms with van der Waals surface area (Å²) >= 11 is 1.39. The van der Waals surface area contributed by atoms with E-state index in [1.807, 2.05) is 5.38 Å². The van der Waals surface area contributed by atoms with Gasteiger partial charge in [-0.1, -0.05) is 13.8 Å². The minimum atomic E-state index is -0.0378. The number of carbonyl (C=O) groups excluding carboxylic acids is 1. The van der Waals surface area contributed by atoms with E-state index in [9.17, 15) is 4.79 Å². The molecule has 114 valence electrons. The first-order chi connectivity index (χ1) is 10.2. The SMILES string of the molecule is CCC1CN(CC(=O)Nc2sccc2C#N)C(CC)CN1. The summed E-state index contributed by atoms with van der Waals surface area (Å²) in [6.07, 6.45) is 2.09. The molecule has 2 unspecified atom stereocenters. The van der Waals surface area contributed by atoms with Crippen LogP contribution in [-0.2, 0) is 4.79 Å². The highest BCUT2D eigenvalue weighted by molar-refractivity contribution is 7.14. The lowest BCUT2D eigenvalue weighted by atomic mass is 10.1. The van der Waals surface area contributed by atoms with Crippen molar-refractivity contribution in [3.63, 3.8) is 0 Å². The Morgan fingerprint density at radius 3 is 3.05 bits per heavy atom. The van der Waals surface area contributed by atoms with Gasteiger partial charge in [-0.3, -0.25) is 9.69 Å². The summed E-state index contributed by atoms with van der Waals surface area (Å²) in [4.78, 5) is 14.5. The molecule has 1 fully saturated rings. The van der Waals surface area contributed by atoms with Gasteiger partial charge in [-0.2, -0.15) is 5.26 Å². The van der Waals surface area contributed by atoms with Crippen LogP contribution < -0.4 is 10.6 Å². The molecule has 1 aliphatic heterocycles. The number of carbonyl (C=O) groups is 1. The molecule has 0 bridgehead atoms. The molecule has 1 aromatic rings. The molecule has 6 heteroatoms. The number of rotatable bonds is 5. The molecular formula is C15H22N4OS. The smallest absolute Gasteiger partial charge is 0.239 e. The van der Waals surface area contributed by atoms with Crippen LogP contribution in [0.5, 0.6) is 0 Å². The molecule has 0 spiro atoms. The average Bonchev–Trinajstić information content (AvgIpc) is 2.94. The summed E-state index contributed by atoms with van der Waals surface area (Å²) < 4.78 is 0. The van der Waals surface area contributed by atoms with Crippen LogP contribution in [0.25, 0.3) is 0 Å². The van der Waals surface area contributed by atoms with Crippen LogP contribution in [0.1, 0.15) is 32.3 Å². The average molecular weight is 306 g/mol. The maximum absolute atomic E-state index is 12.2. The quantitative estimate of drug-likeness (QED) is 0.873. The number of nitrogens with one attached hydrogen (secondary N) is 2. The Hall–Kier alpha value is -1.42. The van der Waals surface area contributed by atoms with E-state index >= 15 is 0 Å². The van der Waals surface area contributed by atoms with Crippen molar-refractivity contribution in [2.75, 3.05) is 25.0 Å². The van der Waals surface area contributed by atoms with Crippen LogP contribution in [0.15, 0.2) is 11.4 Å². The van der Waals surface area contributed by atoms with E-state index < -0.39 is 0 Å². The van der Waals surface area contributed by atoms with Crippen LogP contribution in [0.3, 0.4) is 0 Å². The van der Waals surface area contributed by atoms with Crippen LogP contribution in [-0.4, -0.2) is 42.5 Å². The fourth-order valence-electron chi connectivity index (χ4n) is 2.64. The van der Waals surface area contributed by atoms with Crippen molar-refractivity contribution >= 4 is 22.2 Å². The number of piperazine rings is 1. The first kappa shape index (κ1) is 16.0. The number of thiophene rings is 1. The van der Waals surface area contributed by atoms with Gasteiger partial charge in [0, 0.05) is 25.2 Å². The summed E-state index contributed by atoms with van der Waals surface area (Å²) in [7, 11) is 0. The Kier molecular flexibility index (Phi) is 5.74. The van der Waals surface area contributed by atoms with Crippen LogP contribution in [0, 0.1) is 11.3 Å². The number of anilines is 1. The molecule has 1 saturated heterocycles. The van der Waals surface area contributed by atoms with E-state index in [0.717, 1.165) is 25.9 Å². The van der Waals surface area contributed by atoms with Gasteiger partial charge in [0.15, 0.2) is 0 Å². The van der Waals surface area contributed by atoms with E-state index in [-0.39, 0.29) is 5.91 Å². The summed E-state index contributed by atoms with van der Waals surface area (Å²) in [5, 5.41) is 17.8. The Balaban J connectivity index is 1.95. The van der Waals surface area contributed by atoms with E-state index in [4.69, 9.17) is 5.26 Å². The van der Waals surface area contributed by atoms with Crippen molar-refractivity contribution in [3.05, 3.63) is 17.0 Å². The molecular weight excluding hydrogens is 284 g/mol. The maximum Gasteiger partial charge on any atom is 0.239 e. The molecule has 0 aliphatic carbocycles. The first-order valence-electron chi connectivity index (χ1n) is 7.42. The van der Waals surface area contributed by atoms with Gasteiger partial charge in [-0.05, 0) is 24.3 Å². The molecule has 5 nitrogen and oxygen atoms in total. The van der Waals surface area contributed by atoms with Crippen molar-refractivity contribution in [1.82, 2.24) is 10.2 Å². The van der Waals surface area contributed by atoms with Crippen molar-refractivity contribution in [1.29, 1.82) is 5.26 Å². The largest absolute Gasteiger partial charge is 0.315 e. The van der Waals surface area contributed by atoms with Crippen molar-refractivity contribution in [2.45, 2.75) is 38.8 Å². The topological polar surface area (TPSA) is 68.2 Å². The van der Waals surface area contributed by atoms with Gasteiger partial charge in [-0.15, -0.1) is 11.3 Å². The highest BCUT2D eigenvalue weighted by Gasteiger charge is 2.27. The van der Waals surface area contributed by atoms with Crippen LogP contribution >= 0.6 is 11.3 Å². The fraction of sp³-hybridized carbons (Fsp3) is 0.600. The minimum absolute atomic E-state index is 0.0378. The van der Waals surface area contributed by atoms with Gasteiger partial charge in [0.1, 0.15) is 11.1 Å². The second kappa shape index (κ2) is 7.55. The Labute approximate surface area is 129 Å². The number of hydrogen-bond donors (Lipinski definition) is 2. The maximum atomic E-state index is 12.2. The van der Waals surface area contributed by atoms with Crippen LogP contribution in [0.2, 0.25) is 0 Å². The summed E-state index contributed by atoms with van der Waals surface area (Å²) in [6.45, 7) is 6.53. The van der Waals surface area contributed by atoms with Gasteiger partial charge >= 0.3 is 0 Å². The highest BCUT2D eigenvalue weighted by atomic mass is 32.1. The van der Waals surface area contributed by atoms with Gasteiger partial charge in [0.2, 0.25) is 5.91 Å². The predicted octanol–water partition coefficient (Wildman–Crippen LogP) is 2.02. The summed E-state index contributed by atoms with van der Waals surface area (Å²) in [5.74, 6) is -0.0378. The number of nitriles is 1. The fourth-order valence-corrected chi connectivity index (χ4v) is 3.40. The number of hydrogen-bond acceptors (Lipinski definition) is 5. The third-order valence-electron chi connectivity index (χ3n) is 3.96. The lowest BCUT2D eigenvalue weighted by molar-refractivity contribution is -0.118. The van der Waals surface area contributed by atoms with Gasteiger partial charge in [0.25, 0.3) is 0 Å². The zero-order chi connectivity index (χ0) is 15.2. The molecule has 1 aromatic heterocycles. The number of amides is 1. The molecule has 2 heterocycles. The second-order valence-corrected chi connectivity index (χ2v) is 6.24. The van der Waals surface area contributed by atoms with E-state index in [2.05, 4.69) is 35.5 Å². The van der Waals surface area contributed by atoms with E-state index in [1.54, 1.807) is 6.07 Å². The molecule has 0 radical (unpaired) electrons. The molecule has 0 saturated carbocycles. The van der Waals surface area contributed by atoms with Crippen molar-refractivity contribution in [3.8, 4) is 6.07 Å². The molecule has 2 rings (SSSR count). The monoisotopic (exact) mass is 306 g/mol. The normalized spacial score (nSPS) is 22.7. The van der Waals surface area contributed by atoms with Gasteiger partial charge < -0.3 is 10.6 Å². The Morgan fingerprint density at radius 1 is 1.57 bits per heavy atom. The van der Waals surface area contributed by atoms with Gasteiger partial charge in [-0.25, -0.2) is 0 Å². The lowest BCUT2D eigenvalue weighted by Gasteiger charge is -2.39. The molecule has 1 amide bonds. The third-order valence-corrected chi connectivity index (χ3v) is 4.79. The zero-order valence-corrected chi connectivity index (χ0v) is 13.4. The van der Waals surface area contributed by atoms with Crippen LogP contribution in [0.4, 0.5) is 5.00 Å². The first-order valence-corrected chi connectivity index (χ1v) is 8.30. The van der Waals surface area contributed by atoms with E-state index in [0.29, 0.717) is 29.2 Å². The van der Waals surface area contributed by atoms with Gasteiger partial charge in [0.05, 0.1) is 12.1 Å². The molecule has 1 aliphatic rings. The molecule has 2 atom stereocenters.